The molecule has 10 nitrogen and oxygen atoms in total. The quantitative estimate of drug-likeness (QED) is 0.353. The van der Waals surface area contributed by atoms with Crippen molar-refractivity contribution in [1.29, 1.82) is 0 Å². The third kappa shape index (κ3) is 6.64. The predicted octanol–water partition coefficient (Wildman–Crippen LogP) is 3.95. The average Bonchev–Trinajstić information content (AvgIpc) is 3.36. The fourth-order valence-electron chi connectivity index (χ4n) is 8.26. The van der Waals surface area contributed by atoms with Crippen molar-refractivity contribution in [2.75, 3.05) is 19.7 Å². The van der Waals surface area contributed by atoms with Crippen LogP contribution in [0.1, 0.15) is 79.4 Å². The minimum Gasteiger partial charge on any atom is -0.455 e. The first-order valence-corrected chi connectivity index (χ1v) is 16.9. The molecule has 3 amide bonds. The highest BCUT2D eigenvalue weighted by molar-refractivity contribution is 5.99. The van der Waals surface area contributed by atoms with Crippen LogP contribution in [-0.4, -0.2) is 87.6 Å². The van der Waals surface area contributed by atoms with E-state index in [0.717, 1.165) is 0 Å². The van der Waals surface area contributed by atoms with Gasteiger partial charge in [-0.25, -0.2) is 0 Å². The van der Waals surface area contributed by atoms with Gasteiger partial charge in [0.1, 0.15) is 23.7 Å². The summed E-state index contributed by atoms with van der Waals surface area (Å²) in [6.07, 6.45) is 6.90. The number of fused-ring (bicyclic) bond motifs is 2. The van der Waals surface area contributed by atoms with Crippen molar-refractivity contribution in [2.24, 2.45) is 23.2 Å². The smallest absolute Gasteiger partial charge is 0.313 e. The van der Waals surface area contributed by atoms with Crippen LogP contribution in [0.4, 0.5) is 0 Å². The number of benzene rings is 1. The first-order chi connectivity index (χ1) is 22.1. The highest BCUT2D eigenvalue weighted by Gasteiger charge is 2.73. The molecule has 1 aromatic rings. The molecule has 0 unspecified atom stereocenters. The fraction of sp³-hybridized carbons (Fsp3) is 0.622. The van der Waals surface area contributed by atoms with Gasteiger partial charge in [-0.05, 0) is 43.6 Å². The van der Waals surface area contributed by atoms with E-state index in [1.54, 1.807) is 12.2 Å². The van der Waals surface area contributed by atoms with Crippen LogP contribution in [0.5, 0.6) is 0 Å². The van der Waals surface area contributed by atoms with Gasteiger partial charge in [0.05, 0.1) is 31.2 Å². The molecule has 47 heavy (non-hydrogen) atoms. The number of carbonyl (C=O) groups excluding carboxylic acids is 4. The Balaban J connectivity index is 1.63. The molecule has 2 N–H and O–H groups in total. The molecule has 2 saturated heterocycles. The van der Waals surface area contributed by atoms with Gasteiger partial charge in [0, 0.05) is 18.5 Å². The van der Waals surface area contributed by atoms with Gasteiger partial charge < -0.3 is 29.7 Å². The second-order valence-electron chi connectivity index (χ2n) is 15.6. The summed E-state index contributed by atoms with van der Waals surface area (Å²) >= 11 is 0. The van der Waals surface area contributed by atoms with Crippen LogP contribution in [0.15, 0.2) is 54.6 Å². The molecule has 2 fully saturated rings. The Morgan fingerprint density at radius 1 is 1.02 bits per heavy atom. The van der Waals surface area contributed by atoms with Crippen molar-refractivity contribution in [3.05, 3.63) is 60.2 Å². The molecule has 0 saturated carbocycles. The molecule has 4 aliphatic rings. The minimum absolute atomic E-state index is 0.0746. The number of hydrogen-bond donors (Lipinski definition) is 2. The Bertz CT molecular complexity index is 1410. The lowest BCUT2D eigenvalue weighted by Gasteiger charge is -2.45. The van der Waals surface area contributed by atoms with Crippen LogP contribution in [0.25, 0.3) is 0 Å². The molecule has 256 valence electrons. The molecule has 7 atom stereocenters. The first kappa shape index (κ1) is 34.8. The van der Waals surface area contributed by atoms with E-state index in [1.807, 2.05) is 75.1 Å². The van der Waals surface area contributed by atoms with E-state index in [-0.39, 0.29) is 42.7 Å². The zero-order valence-corrected chi connectivity index (χ0v) is 28.8. The monoisotopic (exact) mass is 649 g/mol. The minimum atomic E-state index is -1.47. The number of esters is 1. The summed E-state index contributed by atoms with van der Waals surface area (Å²) < 4.78 is 13.0. The molecular formula is C37H51N3O7. The number of hydrogen-bond acceptors (Lipinski definition) is 7. The van der Waals surface area contributed by atoms with Crippen LogP contribution in [-0.2, 0) is 28.7 Å². The van der Waals surface area contributed by atoms with Crippen molar-refractivity contribution in [3.63, 3.8) is 0 Å². The van der Waals surface area contributed by atoms with Crippen LogP contribution >= 0.6 is 0 Å². The molecule has 0 bridgehead atoms. The van der Waals surface area contributed by atoms with Crippen molar-refractivity contribution in [2.45, 2.75) is 103 Å². The van der Waals surface area contributed by atoms with Crippen LogP contribution in [0, 0.1) is 23.2 Å². The van der Waals surface area contributed by atoms with E-state index < -0.39 is 59.1 Å². The van der Waals surface area contributed by atoms with Gasteiger partial charge in [0.25, 0.3) is 0 Å². The van der Waals surface area contributed by atoms with Crippen molar-refractivity contribution in [3.8, 4) is 0 Å². The van der Waals surface area contributed by atoms with E-state index in [0.29, 0.717) is 24.9 Å². The number of aliphatic hydroxyl groups excluding tert-OH is 1. The highest BCUT2D eigenvalue weighted by Crippen LogP contribution is 2.54. The van der Waals surface area contributed by atoms with Crippen molar-refractivity contribution < 1.29 is 33.8 Å². The standard InChI is InChI=1S/C37H51N3O7/c1-23(2)25(21-41)40-31-33(44)39(36(6,7)22-35(3,4)5)19-13-18-37(31)30(32(40)43)29-26(47-37)16-11-12-17-28(42)38-20-27(46-34(29)45)24-14-9-8-10-15-24/h8-11,13-16,18,23,25-27,29-31,41H,12,17,19-22H2,1-7H3,(H,38,42)/b16-11-/t25-,26+,27-,29-,30-,31+,37-/m0/s1. The summed E-state index contributed by atoms with van der Waals surface area (Å²) in [5, 5.41) is 13.5. The third-order valence-electron chi connectivity index (χ3n) is 9.99. The van der Waals surface area contributed by atoms with Gasteiger partial charge in [0.15, 0.2) is 0 Å². The summed E-state index contributed by atoms with van der Waals surface area (Å²) in [5.74, 6) is -3.80. The number of likely N-dealkylation sites (tertiary alicyclic amines) is 1. The SMILES string of the molecule is CC(C)[C@H](CO)N1C(=O)[C@@H]2[C@H]3C(=O)O[C@H](c4ccccc4)CNC(=O)CC/C=C\[C@H]3O[C@@]23C=CCN(C(C)(C)CC(C)(C)C)C(=O)[C@@H]13. The Morgan fingerprint density at radius 3 is 2.36 bits per heavy atom. The molecule has 5 rings (SSSR count). The van der Waals surface area contributed by atoms with Gasteiger partial charge in [0.2, 0.25) is 17.7 Å². The molecule has 0 aliphatic carbocycles. The van der Waals surface area contributed by atoms with Gasteiger partial charge >= 0.3 is 5.97 Å². The topological polar surface area (TPSA) is 125 Å². The maximum atomic E-state index is 14.9. The lowest BCUT2D eigenvalue weighted by atomic mass is 9.77. The summed E-state index contributed by atoms with van der Waals surface area (Å²) in [5.41, 5.74) is -1.42. The summed E-state index contributed by atoms with van der Waals surface area (Å²) in [7, 11) is 0. The Morgan fingerprint density at radius 2 is 1.72 bits per heavy atom. The van der Waals surface area contributed by atoms with Crippen LogP contribution < -0.4 is 5.32 Å². The predicted molar refractivity (Wildman–Crippen MR) is 177 cm³/mol. The second kappa shape index (κ2) is 13.2. The summed E-state index contributed by atoms with van der Waals surface area (Å²) in [6, 6.07) is 7.40. The maximum Gasteiger partial charge on any atom is 0.313 e. The number of aliphatic hydroxyl groups is 1. The van der Waals surface area contributed by atoms with Crippen LogP contribution in [0.2, 0.25) is 0 Å². The van der Waals surface area contributed by atoms with E-state index >= 15 is 0 Å². The van der Waals surface area contributed by atoms with E-state index in [1.165, 1.54) is 4.90 Å². The van der Waals surface area contributed by atoms with E-state index in [2.05, 4.69) is 26.1 Å². The van der Waals surface area contributed by atoms with Crippen molar-refractivity contribution in [1.82, 2.24) is 15.1 Å². The zero-order chi connectivity index (χ0) is 34.3. The van der Waals surface area contributed by atoms with Gasteiger partial charge in [-0.2, -0.15) is 0 Å². The summed E-state index contributed by atoms with van der Waals surface area (Å²) in [4.78, 5) is 60.0. The van der Waals surface area contributed by atoms with Crippen LogP contribution in [0.3, 0.4) is 0 Å². The number of nitrogens with one attached hydrogen (secondary N) is 1. The fourth-order valence-corrected chi connectivity index (χ4v) is 8.26. The third-order valence-corrected chi connectivity index (χ3v) is 9.99. The lowest BCUT2D eigenvalue weighted by molar-refractivity contribution is -0.161. The zero-order valence-electron chi connectivity index (χ0n) is 28.8. The average molecular weight is 650 g/mol. The summed E-state index contributed by atoms with van der Waals surface area (Å²) in [6.45, 7) is 14.3. The molecule has 0 aromatic heterocycles. The number of nitrogens with zero attached hydrogens (tertiary/aromatic N) is 2. The molecule has 4 aliphatic heterocycles. The van der Waals surface area contributed by atoms with E-state index in [4.69, 9.17) is 9.47 Å². The Kier molecular flexibility index (Phi) is 9.77. The normalized spacial score (nSPS) is 31.6. The number of amides is 3. The molecule has 10 heteroatoms. The van der Waals surface area contributed by atoms with Gasteiger partial charge in [-0.15, -0.1) is 0 Å². The Labute approximate surface area is 278 Å². The number of ether oxygens (including phenoxy) is 2. The van der Waals surface area contributed by atoms with Gasteiger partial charge in [-0.3, -0.25) is 19.2 Å². The molecule has 0 radical (unpaired) electrons. The molecule has 1 aromatic carbocycles. The lowest BCUT2D eigenvalue weighted by Crippen LogP contribution is -2.62. The first-order valence-electron chi connectivity index (χ1n) is 16.9. The molecular weight excluding hydrogens is 598 g/mol. The number of carbonyl (C=O) groups is 4. The van der Waals surface area contributed by atoms with Gasteiger partial charge in [-0.1, -0.05) is 89.3 Å². The highest BCUT2D eigenvalue weighted by atomic mass is 16.6. The number of allylic oxidation sites excluding steroid dienone is 1. The van der Waals surface area contributed by atoms with Crippen molar-refractivity contribution >= 4 is 23.7 Å². The Hall–Kier alpha value is -3.50. The number of cyclic esters (lactones) is 1. The van der Waals surface area contributed by atoms with E-state index in [9.17, 15) is 24.3 Å². The second-order valence-corrected chi connectivity index (χ2v) is 15.6. The number of rotatable bonds is 6. The molecule has 4 heterocycles. The maximum absolute atomic E-state index is 14.9. The molecule has 1 spiro atoms. The largest absolute Gasteiger partial charge is 0.455 e.